The Morgan fingerprint density at radius 3 is 0.494 bits per heavy atom. The van der Waals surface area contributed by atoms with E-state index in [1.54, 1.807) is 48.5 Å². The molecule has 79 heavy (non-hydrogen) atoms. The number of rotatable bonds is 20. The van der Waals surface area contributed by atoms with E-state index in [0.29, 0.717) is 28.7 Å². The standard InChI is InChI=1S/C64H61O12P3/c1-42-16-11-17-43(2)60(42)72-77(65,68-56-34-26-52(27-35-56)54-30-38-58(39-31-54)70-78(66,73-61-44(3)18-12-19-45(61)4)74-62-46(5)20-13-21-47(62)6)69-57-36-28-53(29-37-57)55-32-40-59(41-33-55)71-79(67,75-63-48(7)22-14-23-49(63)8)76-64-50(9)24-15-25-51(64)10/h11-41H,1-10H3. The summed E-state index contributed by atoms with van der Waals surface area (Å²) < 4.78 is 99.4. The van der Waals surface area contributed by atoms with Crippen molar-refractivity contribution in [2.24, 2.45) is 0 Å². The van der Waals surface area contributed by atoms with Crippen molar-refractivity contribution in [3.8, 4) is 74.0 Å². The fraction of sp³-hybridized carbons (Fsp3) is 0.156. The highest BCUT2D eigenvalue weighted by atomic mass is 31.2. The molecule has 0 bridgehead atoms. The molecule has 0 aliphatic rings. The van der Waals surface area contributed by atoms with Crippen LogP contribution in [0.15, 0.2) is 188 Å². The molecule has 9 rings (SSSR count). The van der Waals surface area contributed by atoms with Crippen LogP contribution in [-0.2, 0) is 13.7 Å². The molecule has 0 radical (unpaired) electrons. The van der Waals surface area contributed by atoms with Crippen molar-refractivity contribution in [3.63, 3.8) is 0 Å². The molecule has 0 fully saturated rings. The average molecular weight is 1120 g/mol. The summed E-state index contributed by atoms with van der Waals surface area (Å²) in [7, 11) is -13.0. The molecule has 0 saturated carbocycles. The van der Waals surface area contributed by atoms with E-state index in [0.717, 1.165) is 77.9 Å². The maximum absolute atomic E-state index is 14.9. The van der Waals surface area contributed by atoms with Crippen LogP contribution in [0.4, 0.5) is 0 Å². The zero-order valence-corrected chi connectivity index (χ0v) is 48.3. The van der Waals surface area contributed by atoms with Crippen LogP contribution in [-0.4, -0.2) is 0 Å². The van der Waals surface area contributed by atoms with Crippen molar-refractivity contribution in [3.05, 3.63) is 244 Å². The third-order valence-corrected chi connectivity index (χ3v) is 16.8. The van der Waals surface area contributed by atoms with E-state index in [1.807, 2.05) is 209 Å². The van der Waals surface area contributed by atoms with E-state index < -0.39 is 23.5 Å². The highest BCUT2D eigenvalue weighted by Crippen LogP contribution is 2.55. The number of para-hydroxylation sites is 5. The van der Waals surface area contributed by atoms with Gasteiger partial charge in [0, 0.05) is 0 Å². The topological polar surface area (TPSA) is 134 Å². The van der Waals surface area contributed by atoms with Gasteiger partial charge in [0.1, 0.15) is 51.7 Å². The molecule has 0 unspecified atom stereocenters. The van der Waals surface area contributed by atoms with E-state index in [4.69, 9.17) is 40.7 Å². The van der Waals surface area contributed by atoms with Crippen LogP contribution in [0.1, 0.15) is 55.6 Å². The summed E-state index contributed by atoms with van der Waals surface area (Å²) in [5.41, 5.74) is 11.0. The summed E-state index contributed by atoms with van der Waals surface area (Å²) in [5.74, 6) is 3.04. The van der Waals surface area contributed by atoms with Crippen LogP contribution in [0.2, 0.25) is 0 Å². The van der Waals surface area contributed by atoms with Gasteiger partial charge in [0.15, 0.2) is 0 Å². The normalized spacial score (nSPS) is 11.6. The molecule has 9 aromatic rings. The molecule has 404 valence electrons. The maximum atomic E-state index is 14.9. The van der Waals surface area contributed by atoms with Gasteiger partial charge in [-0.1, -0.05) is 140 Å². The predicted molar refractivity (Wildman–Crippen MR) is 312 cm³/mol. The number of phosphoric ester groups is 3. The van der Waals surface area contributed by atoms with Gasteiger partial charge in [0.05, 0.1) is 0 Å². The van der Waals surface area contributed by atoms with Gasteiger partial charge in [0.2, 0.25) is 0 Å². The van der Waals surface area contributed by atoms with Gasteiger partial charge in [-0.05, 0) is 196 Å². The summed E-state index contributed by atoms with van der Waals surface area (Å²) in [5, 5.41) is 0. The van der Waals surface area contributed by atoms with E-state index in [1.165, 1.54) is 0 Å². The fourth-order valence-electron chi connectivity index (χ4n) is 8.79. The molecule has 0 atom stereocenters. The summed E-state index contributed by atoms with van der Waals surface area (Å²) >= 11 is 0. The summed E-state index contributed by atoms with van der Waals surface area (Å²) in [4.78, 5) is 0. The zero-order chi connectivity index (χ0) is 56.1. The Morgan fingerprint density at radius 1 is 0.203 bits per heavy atom. The van der Waals surface area contributed by atoms with Gasteiger partial charge < -0.3 is 40.7 Å². The van der Waals surface area contributed by atoms with Crippen LogP contribution < -0.4 is 40.7 Å². The van der Waals surface area contributed by atoms with Crippen LogP contribution in [0.5, 0.6) is 51.7 Å². The van der Waals surface area contributed by atoms with Crippen molar-refractivity contribution >= 4 is 23.5 Å². The summed E-state index contributed by atoms with van der Waals surface area (Å²) in [6.45, 7) is 18.7. The van der Waals surface area contributed by atoms with Gasteiger partial charge in [-0.25, -0.2) is 0 Å². The first-order valence-electron chi connectivity index (χ1n) is 25.5. The Bertz CT molecular complexity index is 3370. The molecule has 0 N–H and O–H groups in total. The van der Waals surface area contributed by atoms with E-state index >= 15 is 0 Å². The Labute approximate surface area is 462 Å². The lowest BCUT2D eigenvalue weighted by molar-refractivity contribution is 0.294. The Balaban J connectivity index is 0.912. The number of benzene rings is 9. The molecule has 0 heterocycles. The Kier molecular flexibility index (Phi) is 16.5. The molecule has 0 aliphatic carbocycles. The van der Waals surface area contributed by atoms with E-state index in [2.05, 4.69) is 0 Å². The highest BCUT2D eigenvalue weighted by Gasteiger charge is 2.38. The maximum Gasteiger partial charge on any atom is 0.647 e. The summed E-state index contributed by atoms with van der Waals surface area (Å²) in [6.07, 6.45) is 0. The lowest BCUT2D eigenvalue weighted by Crippen LogP contribution is -2.10. The Morgan fingerprint density at radius 2 is 0.342 bits per heavy atom. The Hall–Kier alpha value is -8.13. The van der Waals surface area contributed by atoms with Gasteiger partial charge in [-0.3, -0.25) is 0 Å². The molecule has 0 amide bonds. The first-order valence-corrected chi connectivity index (χ1v) is 29.9. The number of hydrogen-bond acceptors (Lipinski definition) is 12. The van der Waals surface area contributed by atoms with E-state index in [9.17, 15) is 13.7 Å². The van der Waals surface area contributed by atoms with Crippen molar-refractivity contribution in [2.45, 2.75) is 69.2 Å². The molecule has 12 nitrogen and oxygen atoms in total. The fourth-order valence-corrected chi connectivity index (χ4v) is 13.2. The quantitative estimate of drug-likeness (QED) is 0.0672. The first kappa shape index (κ1) is 55.6. The van der Waals surface area contributed by atoms with Crippen LogP contribution in [0.3, 0.4) is 0 Å². The van der Waals surface area contributed by atoms with Crippen LogP contribution >= 0.6 is 23.5 Å². The van der Waals surface area contributed by atoms with Crippen molar-refractivity contribution in [1.29, 1.82) is 0 Å². The molecule has 0 saturated heterocycles. The zero-order valence-electron chi connectivity index (χ0n) is 45.6. The molecule has 9 aromatic carbocycles. The molecule has 0 aromatic heterocycles. The lowest BCUT2D eigenvalue weighted by Gasteiger charge is -2.23. The van der Waals surface area contributed by atoms with Crippen LogP contribution in [0, 0.1) is 69.2 Å². The minimum Gasteiger partial charge on any atom is -0.386 e. The molecule has 0 spiro atoms. The van der Waals surface area contributed by atoms with Crippen LogP contribution in [0.25, 0.3) is 22.3 Å². The minimum absolute atomic E-state index is 0.230. The molecular formula is C64H61O12P3. The third kappa shape index (κ3) is 13.4. The smallest absolute Gasteiger partial charge is 0.386 e. The predicted octanol–water partition coefficient (Wildman–Crippen LogP) is 19.0. The van der Waals surface area contributed by atoms with Gasteiger partial charge in [-0.2, -0.15) is 13.7 Å². The monoisotopic (exact) mass is 1110 g/mol. The first-order chi connectivity index (χ1) is 37.7. The van der Waals surface area contributed by atoms with Gasteiger partial charge >= 0.3 is 23.5 Å². The van der Waals surface area contributed by atoms with Crippen molar-refractivity contribution in [1.82, 2.24) is 0 Å². The second kappa shape index (κ2) is 23.5. The molecule has 15 heteroatoms. The average Bonchev–Trinajstić information content (AvgIpc) is 3.41. The number of hydrogen-bond donors (Lipinski definition) is 0. The molecule has 0 aliphatic heterocycles. The van der Waals surface area contributed by atoms with E-state index in [-0.39, 0.29) is 23.0 Å². The minimum atomic E-state index is -4.43. The lowest BCUT2D eigenvalue weighted by atomic mass is 10.1. The summed E-state index contributed by atoms with van der Waals surface area (Å²) in [6, 6.07) is 56.2. The van der Waals surface area contributed by atoms with Crippen molar-refractivity contribution < 1.29 is 54.4 Å². The number of phosphoric acid groups is 3. The largest absolute Gasteiger partial charge is 0.647 e. The molecular weight excluding hydrogens is 1050 g/mol. The third-order valence-electron chi connectivity index (χ3n) is 13.0. The number of aryl methyl sites for hydroxylation is 10. The second-order valence-corrected chi connectivity index (χ2v) is 23.7. The van der Waals surface area contributed by atoms with Gasteiger partial charge in [0.25, 0.3) is 0 Å². The SMILES string of the molecule is Cc1cccc(C)c1OP(=O)(Oc1ccc(-c2ccc(OP(=O)(Oc3c(C)cccc3C)Oc3c(C)cccc3C)cc2)cc1)Oc1ccc(-c2ccc(OP(=O)(Oc3c(C)cccc3C)Oc3c(C)cccc3C)cc2)cc1. The van der Waals surface area contributed by atoms with Crippen molar-refractivity contribution in [2.75, 3.05) is 0 Å². The second-order valence-electron chi connectivity index (χ2n) is 19.4. The highest BCUT2D eigenvalue weighted by molar-refractivity contribution is 7.50. The van der Waals surface area contributed by atoms with Gasteiger partial charge in [-0.15, -0.1) is 0 Å².